The Hall–Kier alpha value is -2.69. The molecule has 0 bridgehead atoms. The van der Waals surface area contributed by atoms with E-state index in [9.17, 15) is 26.3 Å². The highest BCUT2D eigenvalue weighted by atomic mass is 32.1. The molecule has 2 saturated heterocycles. The standard InChI is InChI=1S/C17H23N3O2S.2C2HF3O2/c1-12-15(13(2)22-18-12)9-20-5-6-21-17-11-19(10-16(17)20)8-14-4-3-7-23-14;2*3-2(4,5)1(6)7/h3-4,7,16-17H,5-6,8-11H2,1-2H3;2*(H,6,7)/t16-,17+;;/m1../s1. The largest absolute Gasteiger partial charge is 0.490 e. The molecule has 208 valence electrons. The van der Waals surface area contributed by atoms with Crippen molar-refractivity contribution in [3.8, 4) is 0 Å². The number of ether oxygens (including phenoxy) is 1. The summed E-state index contributed by atoms with van der Waals surface area (Å²) in [6.07, 6.45) is -9.84. The maximum atomic E-state index is 10.6. The maximum absolute atomic E-state index is 10.6. The molecule has 2 aromatic rings. The van der Waals surface area contributed by atoms with E-state index in [1.165, 1.54) is 10.4 Å². The van der Waals surface area contributed by atoms with Crippen molar-refractivity contribution < 1.29 is 55.4 Å². The second-order valence-corrected chi connectivity index (χ2v) is 9.16. The van der Waals surface area contributed by atoms with Gasteiger partial charge in [-0.25, -0.2) is 9.59 Å². The Labute approximate surface area is 211 Å². The first kappa shape index (κ1) is 30.5. The summed E-state index contributed by atoms with van der Waals surface area (Å²) < 4.78 is 74.8. The van der Waals surface area contributed by atoms with Crippen molar-refractivity contribution in [2.45, 2.75) is 51.4 Å². The first-order valence-electron chi connectivity index (χ1n) is 10.7. The van der Waals surface area contributed by atoms with E-state index in [1.54, 1.807) is 0 Å². The van der Waals surface area contributed by atoms with E-state index in [-0.39, 0.29) is 0 Å². The third-order valence-corrected chi connectivity index (χ3v) is 6.34. The van der Waals surface area contributed by atoms with Crippen molar-refractivity contribution in [3.63, 3.8) is 0 Å². The van der Waals surface area contributed by atoms with Gasteiger partial charge in [0.2, 0.25) is 0 Å². The number of aromatic nitrogens is 1. The lowest BCUT2D eigenvalue weighted by Gasteiger charge is -2.36. The van der Waals surface area contributed by atoms with Gasteiger partial charge < -0.3 is 19.5 Å². The predicted molar refractivity (Wildman–Crippen MR) is 117 cm³/mol. The minimum absolute atomic E-state index is 0.323. The van der Waals surface area contributed by atoms with E-state index >= 15 is 0 Å². The molecule has 0 unspecified atom stereocenters. The SMILES string of the molecule is Cc1noc(C)c1CN1CCO[C@H]2CN(Cc3cccs3)C[C@H]21.O=C(O)C(F)(F)F.O=C(O)C(F)(F)F. The highest BCUT2D eigenvalue weighted by Crippen LogP contribution is 2.27. The van der Waals surface area contributed by atoms with E-state index in [1.807, 2.05) is 25.2 Å². The fourth-order valence-corrected chi connectivity index (χ4v) is 4.46. The summed E-state index contributed by atoms with van der Waals surface area (Å²) in [5, 5.41) is 20.5. The van der Waals surface area contributed by atoms with Gasteiger partial charge in [-0.15, -0.1) is 11.3 Å². The summed E-state index contributed by atoms with van der Waals surface area (Å²) in [6.45, 7) is 9.89. The monoisotopic (exact) mass is 561 g/mol. The van der Waals surface area contributed by atoms with Crippen molar-refractivity contribution in [3.05, 3.63) is 39.4 Å². The number of fused-ring (bicyclic) bond motifs is 1. The zero-order valence-corrected chi connectivity index (χ0v) is 20.5. The predicted octanol–water partition coefficient (Wildman–Crippen LogP) is 3.70. The number of carbonyl (C=O) groups is 2. The molecule has 2 N–H and O–H groups in total. The number of thiophene rings is 1. The Morgan fingerprint density at radius 2 is 1.68 bits per heavy atom. The summed E-state index contributed by atoms with van der Waals surface area (Å²) in [7, 11) is 0. The molecule has 16 heteroatoms. The van der Waals surface area contributed by atoms with Crippen LogP contribution in [-0.4, -0.2) is 87.8 Å². The smallest absolute Gasteiger partial charge is 0.475 e. The van der Waals surface area contributed by atoms with Crippen molar-refractivity contribution in [1.82, 2.24) is 15.0 Å². The molecular weight excluding hydrogens is 536 g/mol. The van der Waals surface area contributed by atoms with E-state index in [4.69, 9.17) is 29.1 Å². The topological polar surface area (TPSA) is 116 Å². The van der Waals surface area contributed by atoms with E-state index in [2.05, 4.69) is 32.5 Å². The van der Waals surface area contributed by atoms with Gasteiger partial charge in [-0.2, -0.15) is 26.3 Å². The van der Waals surface area contributed by atoms with Crippen LogP contribution < -0.4 is 0 Å². The number of hydrogen-bond donors (Lipinski definition) is 2. The van der Waals surface area contributed by atoms with Crippen LogP contribution in [0.1, 0.15) is 21.9 Å². The fourth-order valence-electron chi connectivity index (χ4n) is 3.71. The molecule has 0 amide bonds. The van der Waals surface area contributed by atoms with Gasteiger partial charge in [0.15, 0.2) is 0 Å². The van der Waals surface area contributed by atoms with Gasteiger partial charge >= 0.3 is 24.3 Å². The zero-order valence-electron chi connectivity index (χ0n) is 19.7. The van der Waals surface area contributed by atoms with Gasteiger partial charge in [-0.05, 0) is 25.3 Å². The molecule has 0 saturated carbocycles. The van der Waals surface area contributed by atoms with Crippen molar-refractivity contribution >= 4 is 23.3 Å². The number of likely N-dealkylation sites (tertiary alicyclic amines) is 1. The van der Waals surface area contributed by atoms with Crippen LogP contribution >= 0.6 is 11.3 Å². The molecule has 2 fully saturated rings. The first-order valence-corrected chi connectivity index (χ1v) is 11.6. The number of morpholine rings is 1. The van der Waals surface area contributed by atoms with Crippen LogP contribution in [0, 0.1) is 13.8 Å². The number of carboxylic acid groups (broad SMARTS) is 2. The second kappa shape index (κ2) is 12.7. The molecule has 0 aromatic carbocycles. The van der Waals surface area contributed by atoms with E-state index < -0.39 is 24.3 Å². The highest BCUT2D eigenvalue weighted by Gasteiger charge is 2.41. The molecule has 2 atom stereocenters. The Morgan fingerprint density at radius 3 is 2.14 bits per heavy atom. The van der Waals surface area contributed by atoms with Crippen LogP contribution in [-0.2, 0) is 27.4 Å². The van der Waals surface area contributed by atoms with Crippen LogP contribution in [0.2, 0.25) is 0 Å². The molecular formula is C21H25F6N3O6S. The fraction of sp³-hybridized carbons (Fsp3) is 0.571. The molecule has 2 aromatic heterocycles. The normalized spacial score (nSPS) is 20.3. The van der Waals surface area contributed by atoms with Crippen LogP contribution in [0.15, 0.2) is 22.0 Å². The Balaban J connectivity index is 0.000000286. The Bertz CT molecular complexity index is 984. The first-order chi connectivity index (χ1) is 17.1. The van der Waals surface area contributed by atoms with Crippen LogP contribution in [0.5, 0.6) is 0 Å². The number of aliphatic carboxylic acids is 2. The van der Waals surface area contributed by atoms with Crippen LogP contribution in [0.4, 0.5) is 26.3 Å². The lowest BCUT2D eigenvalue weighted by atomic mass is 10.1. The minimum Gasteiger partial charge on any atom is -0.475 e. The van der Waals surface area contributed by atoms with Crippen molar-refractivity contribution in [2.75, 3.05) is 26.2 Å². The van der Waals surface area contributed by atoms with Gasteiger partial charge in [0.1, 0.15) is 5.76 Å². The lowest BCUT2D eigenvalue weighted by molar-refractivity contribution is -0.193. The number of alkyl halides is 6. The average Bonchev–Trinajstić information content (AvgIpc) is 3.51. The molecule has 0 aliphatic carbocycles. The molecule has 37 heavy (non-hydrogen) atoms. The molecule has 4 rings (SSSR count). The molecule has 0 spiro atoms. The second-order valence-electron chi connectivity index (χ2n) is 8.13. The van der Waals surface area contributed by atoms with Gasteiger partial charge in [0, 0.05) is 43.2 Å². The number of nitrogens with zero attached hydrogens (tertiary/aromatic N) is 3. The van der Waals surface area contributed by atoms with Crippen LogP contribution in [0.3, 0.4) is 0 Å². The van der Waals surface area contributed by atoms with Gasteiger partial charge in [0.25, 0.3) is 0 Å². The maximum Gasteiger partial charge on any atom is 0.490 e. The summed E-state index contributed by atoms with van der Waals surface area (Å²) in [5.74, 6) is -4.57. The summed E-state index contributed by atoms with van der Waals surface area (Å²) >= 11 is 1.83. The summed E-state index contributed by atoms with van der Waals surface area (Å²) in [4.78, 5) is 24.3. The number of carboxylic acids is 2. The summed E-state index contributed by atoms with van der Waals surface area (Å²) in [5.41, 5.74) is 2.25. The molecule has 2 aliphatic rings. The number of aryl methyl sites for hydroxylation is 2. The van der Waals surface area contributed by atoms with Gasteiger partial charge in [-0.3, -0.25) is 9.80 Å². The third-order valence-electron chi connectivity index (χ3n) is 5.48. The average molecular weight is 562 g/mol. The van der Waals surface area contributed by atoms with Crippen LogP contribution in [0.25, 0.3) is 0 Å². The molecule has 2 aliphatic heterocycles. The Kier molecular flexibility index (Phi) is 10.5. The molecule has 4 heterocycles. The number of halogens is 6. The van der Waals surface area contributed by atoms with E-state index in [0.29, 0.717) is 12.1 Å². The highest BCUT2D eigenvalue weighted by molar-refractivity contribution is 7.09. The molecule has 0 radical (unpaired) electrons. The number of hydrogen-bond acceptors (Lipinski definition) is 8. The Morgan fingerprint density at radius 1 is 1.08 bits per heavy atom. The third kappa shape index (κ3) is 9.28. The lowest BCUT2D eigenvalue weighted by Crippen LogP contribution is -2.50. The molecule has 9 nitrogen and oxygen atoms in total. The van der Waals surface area contributed by atoms with Gasteiger partial charge in [-0.1, -0.05) is 11.2 Å². The van der Waals surface area contributed by atoms with Gasteiger partial charge in [0.05, 0.1) is 24.4 Å². The minimum atomic E-state index is -5.08. The quantitative estimate of drug-likeness (QED) is 0.539. The zero-order chi connectivity index (χ0) is 28.0. The number of rotatable bonds is 4. The summed E-state index contributed by atoms with van der Waals surface area (Å²) in [6, 6.07) is 4.82. The van der Waals surface area contributed by atoms with Crippen molar-refractivity contribution in [2.24, 2.45) is 0 Å². The van der Waals surface area contributed by atoms with Crippen molar-refractivity contribution in [1.29, 1.82) is 0 Å². The van der Waals surface area contributed by atoms with E-state index in [0.717, 1.165) is 50.8 Å².